The van der Waals surface area contributed by atoms with Crippen molar-refractivity contribution < 1.29 is 4.74 Å². The minimum absolute atomic E-state index is 0.119. The monoisotopic (exact) mass is 345 g/mol. The molecule has 5 heteroatoms. The molecule has 0 N–H and O–H groups in total. The maximum Gasteiger partial charge on any atom is 0.236 e. The average Bonchev–Trinajstić information content (AvgIpc) is 3.00. The van der Waals surface area contributed by atoms with Crippen molar-refractivity contribution >= 4 is 32.8 Å². The normalized spacial score (nSPS) is 11.3. The zero-order chi connectivity index (χ0) is 16.6. The molecule has 0 aliphatic carbocycles. The van der Waals surface area contributed by atoms with Crippen LogP contribution < -0.4 is 9.48 Å². The van der Waals surface area contributed by atoms with Crippen LogP contribution in [0.2, 0.25) is 0 Å². The summed E-state index contributed by atoms with van der Waals surface area (Å²) in [6.45, 7) is 8.61. The molecule has 3 nitrogen and oxygen atoms in total. The molecule has 0 spiro atoms. The number of fused-ring (bicyclic) bond motifs is 1. The Hall–Kier alpha value is -1.72. The predicted octanol–water partition coefficient (Wildman–Crippen LogP) is 5.04. The van der Waals surface area contributed by atoms with Crippen molar-refractivity contribution in [2.75, 3.05) is 0 Å². The smallest absolute Gasteiger partial charge is 0.236 e. The largest absolute Gasteiger partial charge is 0.487 e. The highest BCUT2D eigenvalue weighted by Gasteiger charge is 2.09. The number of aryl methyl sites for hydroxylation is 1. The Bertz CT molecular complexity index is 909. The first-order chi connectivity index (χ1) is 11.0. The zero-order valence-electron chi connectivity index (χ0n) is 13.7. The van der Waals surface area contributed by atoms with E-state index in [1.165, 1.54) is 11.3 Å². The van der Waals surface area contributed by atoms with Crippen LogP contribution in [0.25, 0.3) is 10.1 Å². The van der Waals surface area contributed by atoms with E-state index in [1.54, 1.807) is 11.3 Å². The van der Waals surface area contributed by atoms with Crippen LogP contribution in [0.4, 0.5) is 0 Å². The third-order valence-corrected chi connectivity index (χ3v) is 6.12. The minimum Gasteiger partial charge on any atom is -0.487 e. The van der Waals surface area contributed by atoms with Crippen molar-refractivity contribution in [3.63, 3.8) is 0 Å². The lowest BCUT2D eigenvalue weighted by Gasteiger charge is -2.08. The van der Waals surface area contributed by atoms with Gasteiger partial charge in [-0.05, 0) is 43.0 Å². The topological polar surface area (TPSA) is 39.2 Å². The number of thiazole rings is 1. The third kappa shape index (κ3) is 3.31. The van der Waals surface area contributed by atoms with Crippen molar-refractivity contribution in [1.82, 2.24) is 4.98 Å². The van der Waals surface area contributed by atoms with E-state index in [0.29, 0.717) is 12.5 Å². The van der Waals surface area contributed by atoms with Gasteiger partial charge in [-0.3, -0.25) is 4.79 Å². The van der Waals surface area contributed by atoms with Gasteiger partial charge in [-0.15, -0.1) is 11.3 Å². The molecular weight excluding hydrogens is 326 g/mol. The van der Waals surface area contributed by atoms with Gasteiger partial charge in [0.25, 0.3) is 0 Å². The molecule has 0 aliphatic rings. The lowest BCUT2D eigenvalue weighted by molar-refractivity contribution is 0.302. The highest BCUT2D eigenvalue weighted by molar-refractivity contribution is 7.16. The number of rotatable bonds is 4. The van der Waals surface area contributed by atoms with E-state index in [4.69, 9.17) is 4.74 Å². The molecule has 23 heavy (non-hydrogen) atoms. The quantitative estimate of drug-likeness (QED) is 0.665. The summed E-state index contributed by atoms with van der Waals surface area (Å²) in [5.41, 5.74) is 2.84. The second kappa shape index (κ2) is 6.42. The summed E-state index contributed by atoms with van der Waals surface area (Å²) in [4.78, 5) is 16.6. The Morgan fingerprint density at radius 3 is 2.70 bits per heavy atom. The molecule has 0 amide bonds. The highest BCUT2D eigenvalue weighted by Crippen LogP contribution is 2.27. The SMILES string of the molecule is Cc1c(C)c2ccc(OCc3csc(C(C)C)n3)cc2sc1=O. The van der Waals surface area contributed by atoms with Crippen LogP contribution in [-0.4, -0.2) is 4.98 Å². The van der Waals surface area contributed by atoms with Crippen LogP contribution in [0.1, 0.15) is 41.6 Å². The summed E-state index contributed by atoms with van der Waals surface area (Å²) in [5.74, 6) is 1.22. The predicted molar refractivity (Wildman–Crippen MR) is 98.1 cm³/mol. The summed E-state index contributed by atoms with van der Waals surface area (Å²) >= 11 is 2.95. The maximum atomic E-state index is 12.0. The average molecular weight is 345 g/mol. The second-order valence-electron chi connectivity index (χ2n) is 5.92. The zero-order valence-corrected chi connectivity index (χ0v) is 15.3. The molecule has 0 atom stereocenters. The first-order valence-electron chi connectivity index (χ1n) is 7.57. The van der Waals surface area contributed by atoms with E-state index in [2.05, 4.69) is 18.8 Å². The lowest BCUT2D eigenvalue weighted by atomic mass is 10.1. The Morgan fingerprint density at radius 2 is 2.00 bits per heavy atom. The Kier molecular flexibility index (Phi) is 4.50. The third-order valence-electron chi connectivity index (χ3n) is 3.88. The van der Waals surface area contributed by atoms with Crippen LogP contribution >= 0.6 is 22.7 Å². The van der Waals surface area contributed by atoms with Gasteiger partial charge in [-0.25, -0.2) is 4.98 Å². The van der Waals surface area contributed by atoms with E-state index in [0.717, 1.165) is 37.7 Å². The fraction of sp³-hybridized carbons (Fsp3) is 0.333. The van der Waals surface area contributed by atoms with E-state index in [9.17, 15) is 4.79 Å². The van der Waals surface area contributed by atoms with Crippen molar-refractivity contribution in [3.8, 4) is 5.75 Å². The van der Waals surface area contributed by atoms with Crippen molar-refractivity contribution in [1.29, 1.82) is 0 Å². The van der Waals surface area contributed by atoms with Gasteiger partial charge in [-0.2, -0.15) is 0 Å². The molecular formula is C18H19NO2S2. The molecule has 0 aliphatic heterocycles. The van der Waals surface area contributed by atoms with Crippen molar-refractivity contribution in [2.45, 2.75) is 40.2 Å². The molecule has 0 saturated carbocycles. The molecule has 0 unspecified atom stereocenters. The van der Waals surface area contributed by atoms with Crippen LogP contribution in [0.15, 0.2) is 28.4 Å². The van der Waals surface area contributed by atoms with Crippen LogP contribution in [-0.2, 0) is 6.61 Å². The minimum atomic E-state index is 0.119. The fourth-order valence-electron chi connectivity index (χ4n) is 2.33. The van der Waals surface area contributed by atoms with E-state index >= 15 is 0 Å². The van der Waals surface area contributed by atoms with Gasteiger partial charge < -0.3 is 4.74 Å². The first kappa shape index (κ1) is 16.1. The number of nitrogens with zero attached hydrogens (tertiary/aromatic N) is 1. The molecule has 3 rings (SSSR count). The molecule has 0 saturated heterocycles. The molecule has 0 radical (unpaired) electrons. The maximum absolute atomic E-state index is 12.0. The van der Waals surface area contributed by atoms with E-state index in [1.807, 2.05) is 37.4 Å². The number of benzene rings is 1. The molecule has 1 aromatic carbocycles. The van der Waals surface area contributed by atoms with Crippen LogP contribution in [0.5, 0.6) is 5.75 Å². The van der Waals surface area contributed by atoms with Gasteiger partial charge in [0.1, 0.15) is 12.4 Å². The fourth-order valence-corrected chi connectivity index (χ4v) is 4.16. The van der Waals surface area contributed by atoms with Crippen LogP contribution in [0.3, 0.4) is 0 Å². The van der Waals surface area contributed by atoms with Gasteiger partial charge in [0.15, 0.2) is 0 Å². The molecule has 2 heterocycles. The molecule has 3 aromatic rings. The lowest BCUT2D eigenvalue weighted by Crippen LogP contribution is -2.02. The highest BCUT2D eigenvalue weighted by atomic mass is 32.1. The molecule has 120 valence electrons. The Labute approximate surface area is 143 Å². The first-order valence-corrected chi connectivity index (χ1v) is 9.26. The molecule has 0 fully saturated rings. The summed E-state index contributed by atoms with van der Waals surface area (Å²) in [5, 5.41) is 4.30. The van der Waals surface area contributed by atoms with E-state index < -0.39 is 0 Å². The molecule has 0 bridgehead atoms. The van der Waals surface area contributed by atoms with Crippen molar-refractivity contribution in [3.05, 3.63) is 54.9 Å². The number of hydrogen-bond acceptors (Lipinski definition) is 5. The standard InChI is InChI=1S/C18H19NO2S2/c1-10(2)17-19-13(9-22-17)8-21-14-5-6-15-11(3)12(4)18(20)23-16(15)7-14/h5-7,9-10H,8H2,1-4H3. The number of hydrogen-bond donors (Lipinski definition) is 0. The van der Waals surface area contributed by atoms with Gasteiger partial charge in [-0.1, -0.05) is 25.2 Å². The van der Waals surface area contributed by atoms with Gasteiger partial charge in [0.05, 0.1) is 10.7 Å². The Balaban J connectivity index is 1.83. The molecule has 2 aromatic heterocycles. The van der Waals surface area contributed by atoms with Crippen molar-refractivity contribution in [2.24, 2.45) is 0 Å². The second-order valence-corrected chi connectivity index (χ2v) is 7.82. The van der Waals surface area contributed by atoms with Crippen LogP contribution in [0, 0.1) is 13.8 Å². The van der Waals surface area contributed by atoms with Gasteiger partial charge >= 0.3 is 0 Å². The Morgan fingerprint density at radius 1 is 1.22 bits per heavy atom. The van der Waals surface area contributed by atoms with Gasteiger partial charge in [0, 0.05) is 21.6 Å². The summed E-state index contributed by atoms with van der Waals surface area (Å²) in [6.07, 6.45) is 0. The number of aromatic nitrogens is 1. The summed E-state index contributed by atoms with van der Waals surface area (Å²) in [6, 6.07) is 5.94. The summed E-state index contributed by atoms with van der Waals surface area (Å²) in [7, 11) is 0. The van der Waals surface area contributed by atoms with E-state index in [-0.39, 0.29) is 4.74 Å². The summed E-state index contributed by atoms with van der Waals surface area (Å²) < 4.78 is 6.94. The number of ether oxygens (including phenoxy) is 1. The van der Waals surface area contributed by atoms with Gasteiger partial charge in [0.2, 0.25) is 4.74 Å².